The van der Waals surface area contributed by atoms with Crippen molar-refractivity contribution in [1.82, 2.24) is 0 Å². The number of rotatable bonds is 6. The average Bonchev–Trinajstić information content (AvgIpc) is 3.40. The highest BCUT2D eigenvalue weighted by atomic mass is 14.2. The summed E-state index contributed by atoms with van der Waals surface area (Å²) in [6, 6.07) is 94.1. The molecule has 13 aromatic carbocycles. The fraction of sp³-hybridized carbons (Fsp3) is 0. The molecule has 0 bridgehead atoms. The van der Waals surface area contributed by atoms with Gasteiger partial charge in [0.05, 0.1) is 0 Å². The van der Waals surface area contributed by atoms with Gasteiger partial charge < -0.3 is 0 Å². The van der Waals surface area contributed by atoms with Crippen LogP contribution in [0.1, 0.15) is 0 Å². The summed E-state index contributed by atoms with van der Waals surface area (Å²) in [4.78, 5) is 0. The Hall–Kier alpha value is -8.58. The highest BCUT2D eigenvalue weighted by Gasteiger charge is 2.13. The zero-order valence-electron chi connectivity index (χ0n) is 36.2. The summed E-state index contributed by atoms with van der Waals surface area (Å²) >= 11 is 0. The van der Waals surface area contributed by atoms with Crippen LogP contribution in [0.15, 0.2) is 255 Å². The van der Waals surface area contributed by atoms with E-state index >= 15 is 0 Å². The molecule has 0 atom stereocenters. The van der Waals surface area contributed by atoms with Crippen LogP contribution in [-0.4, -0.2) is 0 Å². The van der Waals surface area contributed by atoms with E-state index in [1.165, 1.54) is 131 Å². The van der Waals surface area contributed by atoms with Crippen LogP contribution in [0, 0.1) is 0 Å². The highest BCUT2D eigenvalue weighted by molar-refractivity contribution is 6.15. The highest BCUT2D eigenvalue weighted by Crippen LogP contribution is 2.40. The molecule has 13 rings (SSSR count). The van der Waals surface area contributed by atoms with Crippen LogP contribution in [0.2, 0.25) is 0 Å². The summed E-state index contributed by atoms with van der Waals surface area (Å²) in [7, 11) is 0. The van der Waals surface area contributed by atoms with Crippen LogP contribution in [0.3, 0.4) is 0 Å². The monoisotopic (exact) mass is 834 g/mol. The maximum Gasteiger partial charge on any atom is -0.00988 e. The third-order valence-corrected chi connectivity index (χ3v) is 13.8. The summed E-state index contributed by atoms with van der Waals surface area (Å²) in [5, 5.41) is 15.2. The molecule has 0 spiro atoms. The average molecular weight is 835 g/mol. The van der Waals surface area contributed by atoms with E-state index in [9.17, 15) is 0 Å². The minimum Gasteiger partial charge on any atom is -0.0622 e. The Balaban J connectivity index is 0.811. The second-order valence-electron chi connectivity index (χ2n) is 17.7. The Bertz CT molecular complexity index is 3970. The maximum atomic E-state index is 2.35. The SMILES string of the molecule is c1ccc(-c2cc(-c3ccccc3)cc(-c3ccc4c(ccc5cc(-c6ccc7c(ccc8cc(-c9cccc(-c%10cc%11ccccc%11c%11ccccc%10%11)c9)ccc87)c6)ccc54)c3)c2)cc1. The van der Waals surface area contributed by atoms with Gasteiger partial charge in [0.2, 0.25) is 0 Å². The van der Waals surface area contributed by atoms with Crippen molar-refractivity contribution in [3.8, 4) is 66.8 Å². The fourth-order valence-electron chi connectivity index (χ4n) is 10.4. The number of hydrogen-bond donors (Lipinski definition) is 0. The first-order valence-corrected chi connectivity index (χ1v) is 22.9. The van der Waals surface area contributed by atoms with Crippen LogP contribution in [0.4, 0.5) is 0 Å². The summed E-state index contributed by atoms with van der Waals surface area (Å²) in [5.41, 5.74) is 14.7. The van der Waals surface area contributed by atoms with Crippen molar-refractivity contribution >= 4 is 64.6 Å². The topological polar surface area (TPSA) is 0 Å². The van der Waals surface area contributed by atoms with Crippen molar-refractivity contribution in [3.05, 3.63) is 255 Å². The summed E-state index contributed by atoms with van der Waals surface area (Å²) < 4.78 is 0. The molecule has 0 unspecified atom stereocenters. The summed E-state index contributed by atoms with van der Waals surface area (Å²) in [5.74, 6) is 0. The lowest BCUT2D eigenvalue weighted by atomic mass is 9.91. The van der Waals surface area contributed by atoms with Gasteiger partial charge in [-0.1, -0.05) is 200 Å². The second kappa shape index (κ2) is 15.6. The Labute approximate surface area is 384 Å². The molecule has 0 N–H and O–H groups in total. The molecule has 0 heteroatoms. The van der Waals surface area contributed by atoms with Gasteiger partial charge in [-0.3, -0.25) is 0 Å². The van der Waals surface area contributed by atoms with E-state index < -0.39 is 0 Å². The van der Waals surface area contributed by atoms with E-state index in [0.29, 0.717) is 0 Å². The summed E-state index contributed by atoms with van der Waals surface area (Å²) in [6.07, 6.45) is 0. The van der Waals surface area contributed by atoms with E-state index in [2.05, 4.69) is 255 Å². The Morgan fingerprint density at radius 3 is 0.955 bits per heavy atom. The molecule has 13 aromatic rings. The van der Waals surface area contributed by atoms with E-state index in [1.54, 1.807) is 0 Å². The van der Waals surface area contributed by atoms with Crippen molar-refractivity contribution in [3.63, 3.8) is 0 Å². The molecular formula is C66H42. The Morgan fingerprint density at radius 2 is 0.455 bits per heavy atom. The molecule has 0 aliphatic carbocycles. The predicted molar refractivity (Wildman–Crippen MR) is 284 cm³/mol. The van der Waals surface area contributed by atoms with Gasteiger partial charge in [-0.25, -0.2) is 0 Å². The van der Waals surface area contributed by atoms with Gasteiger partial charge in [-0.05, 0) is 186 Å². The Kier molecular flexibility index (Phi) is 8.96. The molecule has 66 heavy (non-hydrogen) atoms. The number of benzene rings is 13. The first kappa shape index (κ1) is 37.9. The first-order chi connectivity index (χ1) is 32.7. The molecule has 0 radical (unpaired) electrons. The van der Waals surface area contributed by atoms with Crippen molar-refractivity contribution in [1.29, 1.82) is 0 Å². The molecule has 306 valence electrons. The maximum absolute atomic E-state index is 2.35. The molecule has 0 amide bonds. The van der Waals surface area contributed by atoms with Crippen LogP contribution >= 0.6 is 0 Å². The lowest BCUT2D eigenvalue weighted by molar-refractivity contribution is 1.57. The van der Waals surface area contributed by atoms with E-state index in [1.807, 2.05) is 0 Å². The van der Waals surface area contributed by atoms with Crippen LogP contribution in [0.5, 0.6) is 0 Å². The third kappa shape index (κ3) is 6.62. The molecule has 0 aromatic heterocycles. The molecule has 0 saturated carbocycles. The van der Waals surface area contributed by atoms with E-state index in [4.69, 9.17) is 0 Å². The van der Waals surface area contributed by atoms with Gasteiger partial charge in [0, 0.05) is 0 Å². The normalized spacial score (nSPS) is 11.6. The van der Waals surface area contributed by atoms with Gasteiger partial charge in [-0.2, -0.15) is 0 Å². The van der Waals surface area contributed by atoms with Crippen molar-refractivity contribution in [2.75, 3.05) is 0 Å². The zero-order chi connectivity index (χ0) is 43.6. The van der Waals surface area contributed by atoms with Crippen molar-refractivity contribution in [2.45, 2.75) is 0 Å². The van der Waals surface area contributed by atoms with Gasteiger partial charge in [0.15, 0.2) is 0 Å². The fourth-order valence-corrected chi connectivity index (χ4v) is 10.4. The van der Waals surface area contributed by atoms with Gasteiger partial charge in [0.1, 0.15) is 0 Å². The molecule has 0 fully saturated rings. The standard InChI is InChI=1S/C66H42/c1-3-12-43(13-4-1)56-39-57(44-14-5-2-6-15-44)41-58(40-56)49-29-33-63-55(38-49)25-24-54-37-48(28-32-62(54)63)47-27-31-61-53(36-47)23-22-52-35-46(26-30-60(52)61)45-17-11-18-50(34-45)66-42-51-16-7-8-19-59(51)64-20-9-10-21-65(64)66/h1-42H. The molecule has 0 aliphatic rings. The Morgan fingerprint density at radius 1 is 0.136 bits per heavy atom. The first-order valence-electron chi connectivity index (χ1n) is 22.9. The second-order valence-corrected chi connectivity index (χ2v) is 17.7. The lowest BCUT2D eigenvalue weighted by Crippen LogP contribution is -1.87. The lowest BCUT2D eigenvalue weighted by Gasteiger charge is -2.13. The molecular weight excluding hydrogens is 793 g/mol. The largest absolute Gasteiger partial charge is 0.0622 e. The van der Waals surface area contributed by atoms with Gasteiger partial charge in [-0.15, -0.1) is 0 Å². The van der Waals surface area contributed by atoms with Crippen LogP contribution in [0.25, 0.3) is 131 Å². The zero-order valence-corrected chi connectivity index (χ0v) is 36.2. The number of fused-ring (bicyclic) bond motifs is 9. The summed E-state index contributed by atoms with van der Waals surface area (Å²) in [6.45, 7) is 0. The van der Waals surface area contributed by atoms with E-state index in [-0.39, 0.29) is 0 Å². The van der Waals surface area contributed by atoms with Crippen molar-refractivity contribution in [2.24, 2.45) is 0 Å². The molecule has 0 nitrogen and oxygen atoms in total. The third-order valence-electron chi connectivity index (χ3n) is 13.8. The minimum atomic E-state index is 1.22. The minimum absolute atomic E-state index is 1.22. The molecule has 0 aliphatic heterocycles. The predicted octanol–water partition coefficient (Wildman–Crippen LogP) is 18.6. The number of hydrogen-bond acceptors (Lipinski definition) is 0. The molecule has 0 heterocycles. The molecule has 0 saturated heterocycles. The van der Waals surface area contributed by atoms with Gasteiger partial charge >= 0.3 is 0 Å². The smallest absolute Gasteiger partial charge is 0.00988 e. The van der Waals surface area contributed by atoms with E-state index in [0.717, 1.165) is 0 Å². The van der Waals surface area contributed by atoms with Gasteiger partial charge in [0.25, 0.3) is 0 Å². The van der Waals surface area contributed by atoms with Crippen LogP contribution in [-0.2, 0) is 0 Å². The van der Waals surface area contributed by atoms with Crippen molar-refractivity contribution < 1.29 is 0 Å². The quantitative estimate of drug-likeness (QED) is 0.146. The van der Waals surface area contributed by atoms with Crippen LogP contribution < -0.4 is 0 Å².